The minimum atomic E-state index is -0.540. The van der Waals surface area contributed by atoms with E-state index in [1.807, 2.05) is 69.3 Å². The molecule has 0 spiro atoms. The maximum Gasteiger partial charge on any atom is 0.414 e. The van der Waals surface area contributed by atoms with Gasteiger partial charge in [-0.15, -0.1) is 0 Å². The van der Waals surface area contributed by atoms with E-state index in [0.29, 0.717) is 18.2 Å². The number of rotatable bonds is 0. The van der Waals surface area contributed by atoms with Crippen LogP contribution in [0.15, 0.2) is 60.7 Å². The number of hydrogen-bond donors (Lipinski definition) is 2. The molecule has 0 radical (unpaired) electrons. The Kier molecular flexibility index (Phi) is 6.56. The number of phenolic OH excluding ortho intramolecular Hbond substituents is 2. The summed E-state index contributed by atoms with van der Waals surface area (Å²) in [5.74, 6) is 1.09. The molecular weight excluding hydrogens is 500 g/mol. The van der Waals surface area contributed by atoms with Crippen LogP contribution in [0.3, 0.4) is 0 Å². The first-order valence-corrected chi connectivity index (χ1v) is 13.2. The molecule has 2 heterocycles. The number of hydrogen-bond acceptors (Lipinski definition) is 5. The van der Waals surface area contributed by atoms with Crippen molar-refractivity contribution in [3.8, 4) is 11.5 Å². The third-order valence-electron chi connectivity index (χ3n) is 7.13. The zero-order valence-electron chi connectivity index (χ0n) is 22.3. The number of phenols is 2. The Labute approximate surface area is 228 Å². The fourth-order valence-electron chi connectivity index (χ4n) is 5.57. The number of nitrogens with zero attached hydrogens (tertiary/aromatic N) is 2. The highest BCUT2D eigenvalue weighted by molar-refractivity contribution is 6.27. The van der Waals surface area contributed by atoms with Crippen molar-refractivity contribution in [2.45, 2.75) is 52.1 Å². The van der Waals surface area contributed by atoms with Gasteiger partial charge in [-0.05, 0) is 42.7 Å². The van der Waals surface area contributed by atoms with E-state index < -0.39 is 5.60 Å². The summed E-state index contributed by atoms with van der Waals surface area (Å²) >= 11 is 6.13. The van der Waals surface area contributed by atoms with E-state index >= 15 is 0 Å². The topological polar surface area (TPSA) is 73.2 Å². The summed E-state index contributed by atoms with van der Waals surface area (Å²) in [5.41, 5.74) is 3.48. The molecule has 4 aromatic carbocycles. The number of aromatic hydroxyl groups is 2. The Hall–Kier alpha value is -3.64. The van der Waals surface area contributed by atoms with E-state index in [1.165, 1.54) is 5.56 Å². The molecule has 0 fully saturated rings. The third kappa shape index (κ3) is 4.58. The van der Waals surface area contributed by atoms with Gasteiger partial charge < -0.3 is 14.9 Å². The van der Waals surface area contributed by atoms with Gasteiger partial charge in [0.2, 0.25) is 0 Å². The van der Waals surface area contributed by atoms with Crippen LogP contribution in [0.1, 0.15) is 57.6 Å². The van der Waals surface area contributed by atoms with E-state index in [4.69, 9.17) is 16.5 Å². The van der Waals surface area contributed by atoms with Gasteiger partial charge in [-0.1, -0.05) is 62.4 Å². The van der Waals surface area contributed by atoms with E-state index in [9.17, 15) is 15.0 Å². The van der Waals surface area contributed by atoms with Crippen molar-refractivity contribution in [1.29, 1.82) is 0 Å². The minimum absolute atomic E-state index is 0.192. The molecule has 198 valence electrons. The zero-order chi connectivity index (χ0) is 27.4. The van der Waals surface area contributed by atoms with Crippen LogP contribution in [0, 0.1) is 0 Å². The molecule has 2 atom stereocenters. The van der Waals surface area contributed by atoms with Crippen LogP contribution in [0.4, 0.5) is 16.2 Å². The molecule has 6 nitrogen and oxygen atoms in total. The van der Waals surface area contributed by atoms with Crippen LogP contribution in [0.25, 0.3) is 21.5 Å². The van der Waals surface area contributed by atoms with Crippen LogP contribution in [-0.2, 0) is 4.74 Å². The summed E-state index contributed by atoms with van der Waals surface area (Å²) in [6, 6.07) is 19.1. The van der Waals surface area contributed by atoms with Crippen molar-refractivity contribution in [2.24, 2.45) is 0 Å². The fourth-order valence-corrected chi connectivity index (χ4v) is 5.92. The quantitative estimate of drug-likeness (QED) is 0.224. The lowest BCUT2D eigenvalue weighted by Crippen LogP contribution is -2.36. The molecule has 0 bridgehead atoms. The van der Waals surface area contributed by atoms with Crippen LogP contribution < -0.4 is 9.32 Å². The highest BCUT2D eigenvalue weighted by Crippen LogP contribution is 2.46. The van der Waals surface area contributed by atoms with E-state index in [0.717, 1.165) is 45.0 Å². The molecule has 0 aromatic heterocycles. The molecule has 0 saturated heterocycles. The Morgan fingerprint density at radius 3 is 1.79 bits per heavy atom. The number of amides is 1. The van der Waals surface area contributed by atoms with Gasteiger partial charge in [0.1, 0.15) is 17.1 Å². The molecule has 2 aliphatic heterocycles. The Balaban J connectivity index is 0.000000162. The predicted octanol–water partition coefficient (Wildman–Crippen LogP) is 8.03. The molecule has 0 unspecified atom stereocenters. The normalized spacial score (nSPS) is 18.3. The molecular formula is C31H33ClN2O4. The lowest BCUT2D eigenvalue weighted by Gasteiger charge is -2.25. The maximum atomic E-state index is 12.4. The molecule has 0 saturated carbocycles. The smallest absolute Gasteiger partial charge is 0.414 e. The maximum absolute atomic E-state index is 12.4. The summed E-state index contributed by atoms with van der Waals surface area (Å²) in [6.45, 7) is 11.2. The summed E-state index contributed by atoms with van der Waals surface area (Å²) in [6.07, 6.45) is -0.368. The van der Waals surface area contributed by atoms with Crippen molar-refractivity contribution in [2.75, 3.05) is 22.4 Å². The molecule has 0 aliphatic carbocycles. The van der Waals surface area contributed by atoms with Crippen molar-refractivity contribution in [1.82, 2.24) is 0 Å². The highest BCUT2D eigenvalue weighted by atomic mass is 35.5. The average molecular weight is 533 g/mol. The number of carbonyl (C=O) groups is 1. The number of fused-ring (bicyclic) bond motifs is 6. The highest BCUT2D eigenvalue weighted by Gasteiger charge is 2.35. The van der Waals surface area contributed by atoms with Gasteiger partial charge in [-0.25, -0.2) is 4.79 Å². The van der Waals surface area contributed by atoms with E-state index in [2.05, 4.69) is 13.8 Å². The van der Waals surface area contributed by atoms with E-state index in [1.54, 1.807) is 21.5 Å². The lowest BCUT2D eigenvalue weighted by molar-refractivity contribution is 0.0582. The van der Waals surface area contributed by atoms with Gasteiger partial charge >= 0.3 is 6.09 Å². The van der Waals surface area contributed by atoms with Gasteiger partial charge in [-0.3, -0.25) is 9.32 Å². The van der Waals surface area contributed by atoms with Crippen LogP contribution >= 0.6 is 11.8 Å². The van der Waals surface area contributed by atoms with E-state index in [-0.39, 0.29) is 17.8 Å². The average Bonchev–Trinajstić information content (AvgIpc) is 3.34. The molecule has 1 amide bonds. The number of anilines is 2. The third-order valence-corrected chi connectivity index (χ3v) is 7.45. The van der Waals surface area contributed by atoms with Crippen LogP contribution in [-0.4, -0.2) is 35.0 Å². The van der Waals surface area contributed by atoms with Gasteiger partial charge in [0.25, 0.3) is 0 Å². The van der Waals surface area contributed by atoms with Gasteiger partial charge in [0.05, 0.1) is 11.4 Å². The van der Waals surface area contributed by atoms with Crippen molar-refractivity contribution in [3.05, 3.63) is 71.8 Å². The van der Waals surface area contributed by atoms with Crippen LogP contribution in [0.2, 0.25) is 0 Å². The monoisotopic (exact) mass is 532 g/mol. The molecule has 2 aliphatic rings. The molecule has 7 heteroatoms. The predicted molar refractivity (Wildman–Crippen MR) is 155 cm³/mol. The largest absolute Gasteiger partial charge is 0.507 e. The molecule has 6 rings (SSSR count). The number of halogens is 1. The fraction of sp³-hybridized carbons (Fsp3) is 0.323. The first-order valence-electron chi connectivity index (χ1n) is 12.9. The van der Waals surface area contributed by atoms with Crippen molar-refractivity contribution in [3.63, 3.8) is 0 Å². The van der Waals surface area contributed by atoms with Gasteiger partial charge in [0.15, 0.2) is 0 Å². The summed E-state index contributed by atoms with van der Waals surface area (Å²) < 4.78 is 7.17. The molecule has 2 N–H and O–H groups in total. The second-order valence-electron chi connectivity index (χ2n) is 11.2. The summed E-state index contributed by atoms with van der Waals surface area (Å²) in [7, 11) is 0. The summed E-state index contributed by atoms with van der Waals surface area (Å²) in [5, 5.41) is 24.1. The molecule has 38 heavy (non-hydrogen) atoms. The van der Waals surface area contributed by atoms with Gasteiger partial charge in [0, 0.05) is 59.6 Å². The Morgan fingerprint density at radius 1 is 0.816 bits per heavy atom. The Morgan fingerprint density at radius 2 is 1.26 bits per heavy atom. The Bertz CT molecular complexity index is 1540. The van der Waals surface area contributed by atoms with Gasteiger partial charge in [-0.2, -0.15) is 0 Å². The number of ether oxygens (including phenoxy) is 1. The molecule has 4 aromatic rings. The first-order chi connectivity index (χ1) is 18.0. The first kappa shape index (κ1) is 26.0. The summed E-state index contributed by atoms with van der Waals surface area (Å²) in [4.78, 5) is 14.1. The minimum Gasteiger partial charge on any atom is -0.507 e. The number of benzene rings is 4. The van der Waals surface area contributed by atoms with Crippen molar-refractivity contribution < 1.29 is 19.7 Å². The van der Waals surface area contributed by atoms with Crippen LogP contribution in [0.5, 0.6) is 11.5 Å². The second-order valence-corrected chi connectivity index (χ2v) is 11.6. The SMILES string of the molecule is C[C@@H]1CN(C(=O)OC(C)(C)C)c2cc(O)c3ccccc3c21.C[C@@H]1CN(Cl)c2cc(O)c3ccccc3c21. The lowest BCUT2D eigenvalue weighted by atomic mass is 9.96. The number of carbonyl (C=O) groups excluding carboxylic acids is 1. The zero-order valence-corrected chi connectivity index (χ0v) is 23.1. The standard InChI is InChI=1S/C18H21NO3.C13H12ClNO/c1-11-10-19(17(21)22-18(2,3)4)14-9-15(20)12-7-5-6-8-13(12)16(11)14;1-8-7-15(14)11-6-12(16)9-4-2-3-5-10(9)13(8)11/h5-9,11,20H,10H2,1-4H3;2-6,8,16H,7H2,1H3/t11-;8-/m11/s1. The van der Waals surface area contributed by atoms with Crippen molar-refractivity contribution >= 4 is 50.8 Å². The second kappa shape index (κ2) is 9.59.